The summed E-state index contributed by atoms with van der Waals surface area (Å²) in [4.78, 5) is 15.7. The molecule has 5 heteroatoms. The Morgan fingerprint density at radius 2 is 2.04 bits per heavy atom. The number of pyridine rings is 1. The van der Waals surface area contributed by atoms with E-state index < -0.39 is 17.2 Å². The maximum absolute atomic E-state index is 11.6. The van der Waals surface area contributed by atoms with Gasteiger partial charge in [0.2, 0.25) is 0 Å². The van der Waals surface area contributed by atoms with Crippen LogP contribution in [-0.2, 0) is 17.4 Å². The Balaban J connectivity index is 1.81. The van der Waals surface area contributed by atoms with Gasteiger partial charge in [-0.25, -0.2) is 4.79 Å². The van der Waals surface area contributed by atoms with Crippen molar-refractivity contribution in [2.75, 3.05) is 0 Å². The van der Waals surface area contributed by atoms with Crippen molar-refractivity contribution in [2.45, 2.75) is 62.6 Å². The lowest BCUT2D eigenvalue weighted by atomic mass is 9.49. The lowest BCUT2D eigenvalue weighted by Crippen LogP contribution is -2.62. The van der Waals surface area contributed by atoms with Gasteiger partial charge in [0.15, 0.2) is 0 Å². The molecule has 5 nitrogen and oxygen atoms in total. The van der Waals surface area contributed by atoms with E-state index in [0.29, 0.717) is 24.1 Å². The zero-order valence-electron chi connectivity index (χ0n) is 16.4. The number of carbonyl (C=O) groups is 1. The Bertz CT molecular complexity index is 910. The number of hydrogen-bond donors (Lipinski definition) is 3. The third kappa shape index (κ3) is 2.60. The van der Waals surface area contributed by atoms with Crippen LogP contribution in [0.25, 0.3) is 0 Å². The lowest BCUT2D eigenvalue weighted by molar-refractivity contribution is -0.207. The van der Waals surface area contributed by atoms with Gasteiger partial charge in [-0.05, 0) is 80.3 Å². The number of fused-ring (bicyclic) bond motifs is 3. The van der Waals surface area contributed by atoms with Gasteiger partial charge < -0.3 is 15.3 Å². The van der Waals surface area contributed by atoms with Crippen LogP contribution in [0.3, 0.4) is 0 Å². The summed E-state index contributed by atoms with van der Waals surface area (Å²) in [5.74, 6) is -0.733. The SMILES string of the molecule is CC[C@@]12C[C@@](C)(O)[C@](O)(c3ccccn3)C[C@H]1CCc1cc(C(=O)O)ccc12. The molecule has 4 rings (SSSR count). The molecule has 3 N–H and O–H groups in total. The summed E-state index contributed by atoms with van der Waals surface area (Å²) >= 11 is 0. The molecule has 2 aromatic rings. The molecule has 148 valence electrons. The molecule has 1 heterocycles. The summed E-state index contributed by atoms with van der Waals surface area (Å²) in [6.45, 7) is 3.82. The summed E-state index contributed by atoms with van der Waals surface area (Å²) in [6, 6.07) is 10.8. The summed E-state index contributed by atoms with van der Waals surface area (Å²) in [5, 5.41) is 32.4. The third-order valence-electron chi connectivity index (χ3n) is 7.24. The van der Waals surface area contributed by atoms with Crippen LogP contribution in [0.5, 0.6) is 0 Å². The standard InChI is InChI=1S/C23H27NO4/c1-3-22-14-21(2,27)23(28,19-6-4-5-11-24-19)13-17(22)9-7-15-12-16(20(25)26)8-10-18(15)22/h4-6,8,10-12,17,27-28H,3,7,9,13-14H2,1-2H3,(H,25,26)/t17-,21-,22-,23-/m1/s1. The largest absolute Gasteiger partial charge is 0.478 e. The minimum Gasteiger partial charge on any atom is -0.478 e. The molecule has 28 heavy (non-hydrogen) atoms. The number of aromatic carboxylic acids is 1. The van der Waals surface area contributed by atoms with E-state index in [9.17, 15) is 20.1 Å². The molecule has 2 aliphatic rings. The van der Waals surface area contributed by atoms with Crippen LogP contribution >= 0.6 is 0 Å². The maximum Gasteiger partial charge on any atom is 0.335 e. The van der Waals surface area contributed by atoms with E-state index in [4.69, 9.17) is 0 Å². The molecule has 0 unspecified atom stereocenters. The number of aromatic nitrogens is 1. The van der Waals surface area contributed by atoms with Crippen molar-refractivity contribution in [2.24, 2.45) is 5.92 Å². The van der Waals surface area contributed by atoms with Crippen molar-refractivity contribution in [3.63, 3.8) is 0 Å². The van der Waals surface area contributed by atoms with E-state index in [-0.39, 0.29) is 11.3 Å². The average molecular weight is 381 g/mol. The van der Waals surface area contributed by atoms with Crippen LogP contribution in [0, 0.1) is 5.92 Å². The van der Waals surface area contributed by atoms with E-state index in [2.05, 4.69) is 11.9 Å². The number of nitrogens with zero attached hydrogens (tertiary/aromatic N) is 1. The molecule has 4 atom stereocenters. The second kappa shape index (κ2) is 6.39. The first kappa shape index (κ1) is 19.1. The van der Waals surface area contributed by atoms with Gasteiger partial charge in [0.25, 0.3) is 0 Å². The van der Waals surface area contributed by atoms with E-state index in [1.165, 1.54) is 0 Å². The van der Waals surface area contributed by atoms with Gasteiger partial charge in [0.05, 0.1) is 16.9 Å². The Morgan fingerprint density at radius 1 is 1.25 bits per heavy atom. The smallest absolute Gasteiger partial charge is 0.335 e. The number of aliphatic hydroxyl groups is 2. The number of aryl methyl sites for hydroxylation is 1. The van der Waals surface area contributed by atoms with Gasteiger partial charge in [-0.15, -0.1) is 0 Å². The van der Waals surface area contributed by atoms with Gasteiger partial charge in [-0.3, -0.25) is 4.98 Å². The number of carboxylic acids is 1. The van der Waals surface area contributed by atoms with E-state index in [1.54, 1.807) is 37.4 Å². The molecule has 1 aromatic heterocycles. The highest BCUT2D eigenvalue weighted by Crippen LogP contribution is 2.59. The van der Waals surface area contributed by atoms with Crippen molar-refractivity contribution in [3.8, 4) is 0 Å². The fourth-order valence-corrected chi connectivity index (χ4v) is 5.71. The van der Waals surface area contributed by atoms with E-state index in [0.717, 1.165) is 30.4 Å². The summed E-state index contributed by atoms with van der Waals surface area (Å²) in [5.41, 5.74) is -0.0523. The first-order valence-corrected chi connectivity index (χ1v) is 9.96. The summed E-state index contributed by atoms with van der Waals surface area (Å²) in [6.07, 6.45) is 4.96. The molecule has 1 aromatic carbocycles. The molecule has 1 fully saturated rings. The second-order valence-electron chi connectivity index (χ2n) is 8.65. The number of hydrogen-bond acceptors (Lipinski definition) is 4. The van der Waals surface area contributed by atoms with Crippen molar-refractivity contribution in [3.05, 3.63) is 65.0 Å². The molecular formula is C23H27NO4. The highest BCUT2D eigenvalue weighted by Gasteiger charge is 2.61. The summed E-state index contributed by atoms with van der Waals surface area (Å²) in [7, 11) is 0. The monoisotopic (exact) mass is 381 g/mol. The van der Waals surface area contributed by atoms with Crippen LogP contribution in [0.4, 0.5) is 0 Å². The first-order chi connectivity index (χ1) is 13.2. The molecule has 0 radical (unpaired) electrons. The molecule has 0 saturated heterocycles. The van der Waals surface area contributed by atoms with Crippen LogP contribution in [0.2, 0.25) is 0 Å². The lowest BCUT2D eigenvalue weighted by Gasteiger charge is -2.58. The third-order valence-corrected chi connectivity index (χ3v) is 7.24. The number of carboxylic acid groups (broad SMARTS) is 1. The topological polar surface area (TPSA) is 90.7 Å². The zero-order chi connectivity index (χ0) is 20.2. The Labute approximate surface area is 165 Å². The van der Waals surface area contributed by atoms with Crippen LogP contribution in [0.1, 0.15) is 66.7 Å². The van der Waals surface area contributed by atoms with E-state index >= 15 is 0 Å². The van der Waals surface area contributed by atoms with Crippen LogP contribution in [0.15, 0.2) is 42.6 Å². The molecule has 1 saturated carbocycles. The molecular weight excluding hydrogens is 354 g/mol. The van der Waals surface area contributed by atoms with Gasteiger partial charge in [-0.2, -0.15) is 0 Å². The highest BCUT2D eigenvalue weighted by atomic mass is 16.4. The van der Waals surface area contributed by atoms with Gasteiger partial charge in [-0.1, -0.05) is 19.1 Å². The Kier molecular flexibility index (Phi) is 4.36. The van der Waals surface area contributed by atoms with Crippen molar-refractivity contribution >= 4 is 5.97 Å². The second-order valence-corrected chi connectivity index (χ2v) is 8.65. The quantitative estimate of drug-likeness (QED) is 0.758. The highest BCUT2D eigenvalue weighted by molar-refractivity contribution is 5.88. The zero-order valence-corrected chi connectivity index (χ0v) is 16.4. The normalized spacial score (nSPS) is 34.4. The predicted molar refractivity (Wildman–Crippen MR) is 105 cm³/mol. The molecule has 0 amide bonds. The fraction of sp³-hybridized carbons (Fsp3) is 0.478. The van der Waals surface area contributed by atoms with Crippen molar-refractivity contribution in [1.29, 1.82) is 0 Å². The average Bonchev–Trinajstić information content (AvgIpc) is 2.69. The van der Waals surface area contributed by atoms with E-state index in [1.807, 2.05) is 12.1 Å². The molecule has 2 aliphatic carbocycles. The van der Waals surface area contributed by atoms with Gasteiger partial charge >= 0.3 is 5.97 Å². The minimum atomic E-state index is -1.41. The molecule has 0 spiro atoms. The minimum absolute atomic E-state index is 0.188. The maximum atomic E-state index is 11.6. The van der Waals surface area contributed by atoms with Crippen LogP contribution < -0.4 is 0 Å². The Hall–Kier alpha value is -2.24. The Morgan fingerprint density at radius 3 is 2.68 bits per heavy atom. The number of benzene rings is 1. The molecule has 0 bridgehead atoms. The summed E-state index contributed by atoms with van der Waals surface area (Å²) < 4.78 is 0. The fourth-order valence-electron chi connectivity index (χ4n) is 5.71. The van der Waals surface area contributed by atoms with Crippen LogP contribution in [-0.4, -0.2) is 31.9 Å². The molecule has 0 aliphatic heterocycles. The van der Waals surface area contributed by atoms with Crippen molar-refractivity contribution in [1.82, 2.24) is 4.98 Å². The van der Waals surface area contributed by atoms with Gasteiger partial charge in [0.1, 0.15) is 5.60 Å². The van der Waals surface area contributed by atoms with Crippen molar-refractivity contribution < 1.29 is 20.1 Å². The van der Waals surface area contributed by atoms with Gasteiger partial charge in [0, 0.05) is 11.6 Å². The first-order valence-electron chi connectivity index (χ1n) is 9.96. The predicted octanol–water partition coefficient (Wildman–Crippen LogP) is 3.42. The number of rotatable bonds is 3.